The molecule has 1 atom stereocenters. The lowest BCUT2D eigenvalue weighted by Crippen LogP contribution is -2.42. The molecule has 0 heterocycles. The minimum atomic E-state index is -1.59. The van der Waals surface area contributed by atoms with Gasteiger partial charge in [-0.2, -0.15) is 0 Å². The first-order valence-corrected chi connectivity index (χ1v) is 5.39. The Balaban J connectivity index is 2.87. The second kappa shape index (κ2) is 6.14. The zero-order valence-corrected chi connectivity index (χ0v) is 10.1. The van der Waals surface area contributed by atoms with Crippen molar-refractivity contribution in [3.8, 4) is 0 Å². The van der Waals surface area contributed by atoms with Crippen molar-refractivity contribution >= 4 is 29.4 Å². The van der Waals surface area contributed by atoms with Crippen molar-refractivity contribution in [2.45, 2.75) is 12.5 Å². The van der Waals surface area contributed by atoms with Crippen LogP contribution in [0, 0.1) is 5.82 Å². The smallest absolute Gasteiger partial charge is 0.326 e. The van der Waals surface area contributed by atoms with Crippen molar-refractivity contribution < 1.29 is 29.0 Å². The quantitative estimate of drug-likeness (QED) is 0.754. The standard InChI is InChI=1S/C11H9ClFNO5/c12-7-3-5(13)1-2-6(7)10(17)14-8(11(18)19)4-9(15)16/h1-3,8H,4H2,(H,14,17)(H,15,16)(H,18,19). The van der Waals surface area contributed by atoms with E-state index in [-0.39, 0.29) is 10.6 Å². The molecule has 1 amide bonds. The van der Waals surface area contributed by atoms with Gasteiger partial charge < -0.3 is 15.5 Å². The second-order valence-electron chi connectivity index (χ2n) is 3.59. The molecular formula is C11H9ClFNO5. The van der Waals surface area contributed by atoms with Crippen LogP contribution in [0.3, 0.4) is 0 Å². The van der Waals surface area contributed by atoms with Crippen molar-refractivity contribution in [2.75, 3.05) is 0 Å². The Hall–Kier alpha value is -2.15. The maximum Gasteiger partial charge on any atom is 0.326 e. The normalized spacial score (nSPS) is 11.7. The Morgan fingerprint density at radius 1 is 1.32 bits per heavy atom. The number of hydrogen-bond donors (Lipinski definition) is 3. The summed E-state index contributed by atoms with van der Waals surface area (Å²) in [6.45, 7) is 0. The van der Waals surface area contributed by atoms with E-state index in [9.17, 15) is 18.8 Å². The summed E-state index contributed by atoms with van der Waals surface area (Å²) < 4.78 is 12.8. The van der Waals surface area contributed by atoms with Crippen molar-refractivity contribution in [2.24, 2.45) is 0 Å². The van der Waals surface area contributed by atoms with Gasteiger partial charge in [0.1, 0.15) is 11.9 Å². The fraction of sp³-hybridized carbons (Fsp3) is 0.182. The Bertz CT molecular complexity index is 534. The van der Waals surface area contributed by atoms with Crippen LogP contribution in [0.15, 0.2) is 18.2 Å². The predicted octanol–water partition coefficient (Wildman–Crippen LogP) is 1.14. The molecule has 0 aliphatic carbocycles. The lowest BCUT2D eigenvalue weighted by molar-refractivity contribution is -0.145. The Kier molecular flexibility index (Phi) is 4.82. The number of amides is 1. The third-order valence-electron chi connectivity index (χ3n) is 2.16. The topological polar surface area (TPSA) is 104 Å². The molecule has 0 fully saturated rings. The molecular weight excluding hydrogens is 281 g/mol. The molecule has 1 aromatic rings. The van der Waals surface area contributed by atoms with Crippen LogP contribution in [0.5, 0.6) is 0 Å². The van der Waals surface area contributed by atoms with Crippen molar-refractivity contribution in [1.29, 1.82) is 0 Å². The van der Waals surface area contributed by atoms with E-state index >= 15 is 0 Å². The highest BCUT2D eigenvalue weighted by Gasteiger charge is 2.24. The third kappa shape index (κ3) is 4.22. The lowest BCUT2D eigenvalue weighted by Gasteiger charge is -2.13. The van der Waals surface area contributed by atoms with E-state index in [0.717, 1.165) is 18.2 Å². The highest BCUT2D eigenvalue weighted by molar-refractivity contribution is 6.33. The molecule has 102 valence electrons. The third-order valence-corrected chi connectivity index (χ3v) is 2.47. The maximum atomic E-state index is 12.8. The summed E-state index contributed by atoms with van der Waals surface area (Å²) in [5.74, 6) is -4.41. The van der Waals surface area contributed by atoms with Gasteiger partial charge in [-0.1, -0.05) is 11.6 Å². The summed E-state index contributed by atoms with van der Waals surface area (Å²) in [5.41, 5.74) is -0.139. The van der Waals surface area contributed by atoms with Crippen molar-refractivity contribution in [1.82, 2.24) is 5.32 Å². The SMILES string of the molecule is O=C(O)CC(NC(=O)c1ccc(F)cc1Cl)C(=O)O. The average molecular weight is 290 g/mol. The minimum absolute atomic E-state index is 0.139. The first-order chi connectivity index (χ1) is 8.81. The van der Waals surface area contributed by atoms with Crippen molar-refractivity contribution in [3.05, 3.63) is 34.6 Å². The molecule has 1 unspecified atom stereocenters. The summed E-state index contributed by atoms with van der Waals surface area (Å²) in [6, 6.07) is 1.36. The van der Waals surface area contributed by atoms with Crippen LogP contribution in [0.2, 0.25) is 5.02 Å². The van der Waals surface area contributed by atoms with Gasteiger partial charge in [0.05, 0.1) is 17.0 Å². The van der Waals surface area contributed by atoms with Gasteiger partial charge in [0, 0.05) is 0 Å². The van der Waals surface area contributed by atoms with Crippen LogP contribution in [0.25, 0.3) is 0 Å². The van der Waals surface area contributed by atoms with Crippen LogP contribution < -0.4 is 5.32 Å². The van der Waals surface area contributed by atoms with Gasteiger partial charge in [0.25, 0.3) is 5.91 Å². The first-order valence-electron chi connectivity index (χ1n) is 5.01. The van der Waals surface area contributed by atoms with Gasteiger partial charge >= 0.3 is 11.9 Å². The zero-order chi connectivity index (χ0) is 14.6. The van der Waals surface area contributed by atoms with E-state index in [0.29, 0.717) is 0 Å². The molecule has 0 aliphatic heterocycles. The molecule has 3 N–H and O–H groups in total. The first kappa shape index (κ1) is 14.9. The number of benzene rings is 1. The molecule has 1 rings (SSSR count). The summed E-state index contributed by atoms with van der Waals surface area (Å²) >= 11 is 5.63. The number of carboxylic acids is 2. The molecule has 0 saturated heterocycles. The fourth-order valence-corrected chi connectivity index (χ4v) is 1.54. The molecule has 6 nitrogen and oxygen atoms in total. The summed E-state index contributed by atoms with van der Waals surface area (Å²) in [6.07, 6.45) is -0.778. The number of aliphatic carboxylic acids is 2. The number of rotatable bonds is 5. The molecule has 0 radical (unpaired) electrons. The summed E-state index contributed by atoms with van der Waals surface area (Å²) in [7, 11) is 0. The van der Waals surface area contributed by atoms with Gasteiger partial charge in [-0.3, -0.25) is 9.59 Å². The zero-order valence-electron chi connectivity index (χ0n) is 9.39. The molecule has 0 bridgehead atoms. The molecule has 19 heavy (non-hydrogen) atoms. The number of halogens is 2. The van der Waals surface area contributed by atoms with E-state index < -0.39 is 36.1 Å². The molecule has 1 aromatic carbocycles. The van der Waals surface area contributed by atoms with Crippen LogP contribution in [0.1, 0.15) is 16.8 Å². The number of hydrogen-bond acceptors (Lipinski definition) is 3. The van der Waals surface area contributed by atoms with E-state index in [4.69, 9.17) is 21.8 Å². The van der Waals surface area contributed by atoms with Crippen LogP contribution >= 0.6 is 11.6 Å². The van der Waals surface area contributed by atoms with Gasteiger partial charge in [-0.15, -0.1) is 0 Å². The summed E-state index contributed by atoms with van der Waals surface area (Å²) in [4.78, 5) is 32.9. The van der Waals surface area contributed by atoms with Gasteiger partial charge in [-0.25, -0.2) is 9.18 Å². The van der Waals surface area contributed by atoms with E-state index in [1.807, 2.05) is 5.32 Å². The monoisotopic (exact) mass is 289 g/mol. The van der Waals surface area contributed by atoms with Gasteiger partial charge in [0.15, 0.2) is 0 Å². The Labute approximate surface area is 111 Å². The van der Waals surface area contributed by atoms with Crippen molar-refractivity contribution in [3.63, 3.8) is 0 Å². The number of nitrogens with one attached hydrogen (secondary N) is 1. The number of carboxylic acid groups (broad SMARTS) is 2. The highest BCUT2D eigenvalue weighted by atomic mass is 35.5. The van der Waals surface area contributed by atoms with Crippen LogP contribution in [0.4, 0.5) is 4.39 Å². The number of carbonyl (C=O) groups is 3. The van der Waals surface area contributed by atoms with Crippen LogP contribution in [-0.4, -0.2) is 34.1 Å². The maximum absolute atomic E-state index is 12.8. The molecule has 0 aliphatic rings. The molecule has 0 saturated carbocycles. The van der Waals surface area contributed by atoms with Gasteiger partial charge in [-0.05, 0) is 18.2 Å². The van der Waals surface area contributed by atoms with E-state index in [1.165, 1.54) is 0 Å². The minimum Gasteiger partial charge on any atom is -0.481 e. The van der Waals surface area contributed by atoms with E-state index in [2.05, 4.69) is 0 Å². The lowest BCUT2D eigenvalue weighted by atomic mass is 10.1. The average Bonchev–Trinajstić information content (AvgIpc) is 2.26. The fourth-order valence-electron chi connectivity index (χ4n) is 1.28. The second-order valence-corrected chi connectivity index (χ2v) is 3.99. The predicted molar refractivity (Wildman–Crippen MR) is 62.6 cm³/mol. The molecule has 0 spiro atoms. The Morgan fingerprint density at radius 2 is 1.95 bits per heavy atom. The van der Waals surface area contributed by atoms with Crippen LogP contribution in [-0.2, 0) is 9.59 Å². The molecule has 0 aromatic heterocycles. The van der Waals surface area contributed by atoms with E-state index in [1.54, 1.807) is 0 Å². The molecule has 8 heteroatoms. The van der Waals surface area contributed by atoms with Gasteiger partial charge in [0.2, 0.25) is 0 Å². The number of carbonyl (C=O) groups excluding carboxylic acids is 1. The highest BCUT2D eigenvalue weighted by Crippen LogP contribution is 2.17. The summed E-state index contributed by atoms with van der Waals surface area (Å²) in [5, 5.41) is 19.1. The largest absolute Gasteiger partial charge is 0.481 e. The Morgan fingerprint density at radius 3 is 2.42 bits per heavy atom.